The number of nitrogens with zero attached hydrogens (tertiary/aromatic N) is 1. The number of pyridine rings is 1. The van der Waals surface area contributed by atoms with Crippen molar-refractivity contribution in [3.05, 3.63) is 53.2 Å². The fourth-order valence-electron chi connectivity index (χ4n) is 1.97. The van der Waals surface area contributed by atoms with Crippen molar-refractivity contribution in [2.45, 2.75) is 33.2 Å². The lowest BCUT2D eigenvalue weighted by molar-refractivity contribution is 0.459. The molecule has 0 saturated heterocycles. The molecule has 3 heteroatoms. The SMILES string of the molecule is CCCc1cc(CN)cc(Oc2cccc(C)c2)n1. The summed E-state index contributed by atoms with van der Waals surface area (Å²) in [6, 6.07) is 11.9. The molecule has 19 heavy (non-hydrogen) atoms. The maximum atomic E-state index is 5.82. The van der Waals surface area contributed by atoms with Crippen LogP contribution < -0.4 is 10.5 Å². The van der Waals surface area contributed by atoms with Crippen LogP contribution in [0, 0.1) is 6.92 Å². The van der Waals surface area contributed by atoms with Crippen molar-refractivity contribution in [1.29, 1.82) is 0 Å². The van der Waals surface area contributed by atoms with Gasteiger partial charge in [0.1, 0.15) is 5.75 Å². The number of aryl methyl sites for hydroxylation is 2. The molecular weight excluding hydrogens is 236 g/mol. The molecule has 100 valence electrons. The quantitative estimate of drug-likeness (QED) is 0.889. The molecule has 0 saturated carbocycles. The third-order valence-electron chi connectivity index (χ3n) is 2.87. The van der Waals surface area contributed by atoms with Crippen molar-refractivity contribution in [3.63, 3.8) is 0 Å². The fourth-order valence-corrected chi connectivity index (χ4v) is 1.97. The number of aromatic nitrogens is 1. The highest BCUT2D eigenvalue weighted by molar-refractivity contribution is 5.33. The monoisotopic (exact) mass is 256 g/mol. The van der Waals surface area contributed by atoms with Crippen LogP contribution in [0.15, 0.2) is 36.4 Å². The molecule has 0 atom stereocenters. The first kappa shape index (κ1) is 13.6. The van der Waals surface area contributed by atoms with Crippen LogP contribution in [0.1, 0.15) is 30.2 Å². The lowest BCUT2D eigenvalue weighted by atomic mass is 10.1. The lowest BCUT2D eigenvalue weighted by Gasteiger charge is -2.09. The zero-order valence-electron chi connectivity index (χ0n) is 11.5. The van der Waals surface area contributed by atoms with E-state index in [1.807, 2.05) is 43.3 Å². The Morgan fingerprint density at radius 1 is 1.21 bits per heavy atom. The van der Waals surface area contributed by atoms with E-state index < -0.39 is 0 Å². The van der Waals surface area contributed by atoms with Crippen LogP contribution in [0.5, 0.6) is 11.6 Å². The minimum absolute atomic E-state index is 0.503. The van der Waals surface area contributed by atoms with E-state index in [9.17, 15) is 0 Å². The number of hydrogen-bond acceptors (Lipinski definition) is 3. The molecule has 0 unspecified atom stereocenters. The number of hydrogen-bond donors (Lipinski definition) is 1. The molecule has 1 aromatic carbocycles. The third-order valence-corrected chi connectivity index (χ3v) is 2.87. The molecule has 0 radical (unpaired) electrons. The van der Waals surface area contributed by atoms with Gasteiger partial charge >= 0.3 is 0 Å². The van der Waals surface area contributed by atoms with Crippen molar-refractivity contribution >= 4 is 0 Å². The lowest BCUT2D eigenvalue weighted by Crippen LogP contribution is -2.01. The van der Waals surface area contributed by atoms with E-state index in [2.05, 4.69) is 11.9 Å². The average molecular weight is 256 g/mol. The minimum atomic E-state index is 0.503. The molecule has 0 spiro atoms. The zero-order valence-corrected chi connectivity index (χ0v) is 11.5. The van der Waals surface area contributed by atoms with Gasteiger partial charge < -0.3 is 10.5 Å². The molecule has 2 rings (SSSR count). The highest BCUT2D eigenvalue weighted by Crippen LogP contribution is 2.22. The molecule has 0 bridgehead atoms. The summed E-state index contributed by atoms with van der Waals surface area (Å²) in [4.78, 5) is 4.52. The Balaban J connectivity index is 2.26. The second-order valence-electron chi connectivity index (χ2n) is 4.68. The number of ether oxygens (including phenoxy) is 1. The van der Waals surface area contributed by atoms with E-state index in [0.29, 0.717) is 12.4 Å². The van der Waals surface area contributed by atoms with E-state index in [1.165, 1.54) is 5.56 Å². The van der Waals surface area contributed by atoms with Crippen LogP contribution in [0.3, 0.4) is 0 Å². The summed E-state index contributed by atoms with van der Waals surface area (Å²) < 4.78 is 5.82. The summed E-state index contributed by atoms with van der Waals surface area (Å²) in [6.07, 6.45) is 2.00. The van der Waals surface area contributed by atoms with E-state index in [1.54, 1.807) is 0 Å². The molecule has 0 aliphatic carbocycles. The Morgan fingerprint density at radius 2 is 2.05 bits per heavy atom. The topological polar surface area (TPSA) is 48.1 Å². The van der Waals surface area contributed by atoms with Crippen LogP contribution in [0.4, 0.5) is 0 Å². The van der Waals surface area contributed by atoms with Crippen molar-refractivity contribution in [3.8, 4) is 11.6 Å². The van der Waals surface area contributed by atoms with Crippen LogP contribution in [0.25, 0.3) is 0 Å². The molecular formula is C16H20N2O. The Labute approximate surface area is 114 Å². The van der Waals surface area contributed by atoms with Crippen LogP contribution in [-0.2, 0) is 13.0 Å². The van der Waals surface area contributed by atoms with Gasteiger partial charge in [0.25, 0.3) is 0 Å². The van der Waals surface area contributed by atoms with Crippen LogP contribution >= 0.6 is 0 Å². The van der Waals surface area contributed by atoms with Gasteiger partial charge in [-0.2, -0.15) is 0 Å². The third kappa shape index (κ3) is 3.80. The molecule has 1 aromatic heterocycles. The van der Waals surface area contributed by atoms with Gasteiger partial charge in [-0.15, -0.1) is 0 Å². The van der Waals surface area contributed by atoms with Gasteiger partial charge in [0.15, 0.2) is 0 Å². The summed E-state index contributed by atoms with van der Waals surface area (Å²) in [5.41, 5.74) is 8.98. The first-order valence-corrected chi connectivity index (χ1v) is 6.65. The molecule has 1 heterocycles. The minimum Gasteiger partial charge on any atom is -0.439 e. The van der Waals surface area contributed by atoms with Crippen molar-refractivity contribution < 1.29 is 4.74 Å². The molecule has 2 N–H and O–H groups in total. The van der Waals surface area contributed by atoms with Crippen molar-refractivity contribution in [1.82, 2.24) is 4.98 Å². The maximum Gasteiger partial charge on any atom is 0.219 e. The van der Waals surface area contributed by atoms with Gasteiger partial charge in [0.05, 0.1) is 0 Å². The van der Waals surface area contributed by atoms with Gasteiger partial charge in [0, 0.05) is 18.3 Å². The van der Waals surface area contributed by atoms with E-state index >= 15 is 0 Å². The standard InChI is InChI=1S/C16H20N2O/c1-3-5-14-9-13(11-17)10-16(18-14)19-15-7-4-6-12(2)8-15/h4,6-10H,3,5,11,17H2,1-2H3. The van der Waals surface area contributed by atoms with Crippen molar-refractivity contribution in [2.75, 3.05) is 0 Å². The summed E-state index contributed by atoms with van der Waals surface area (Å²) in [5, 5.41) is 0. The molecule has 0 amide bonds. The average Bonchev–Trinajstić information content (AvgIpc) is 2.39. The Morgan fingerprint density at radius 3 is 2.74 bits per heavy atom. The molecule has 2 aromatic rings. The first-order chi connectivity index (χ1) is 9.21. The highest BCUT2D eigenvalue weighted by atomic mass is 16.5. The predicted molar refractivity (Wildman–Crippen MR) is 77.4 cm³/mol. The summed E-state index contributed by atoms with van der Waals surface area (Å²) in [7, 11) is 0. The van der Waals surface area contributed by atoms with Gasteiger partial charge in [-0.1, -0.05) is 25.5 Å². The van der Waals surface area contributed by atoms with Gasteiger partial charge in [-0.3, -0.25) is 0 Å². The first-order valence-electron chi connectivity index (χ1n) is 6.65. The fraction of sp³-hybridized carbons (Fsp3) is 0.312. The zero-order chi connectivity index (χ0) is 13.7. The van der Waals surface area contributed by atoms with Crippen molar-refractivity contribution in [2.24, 2.45) is 5.73 Å². The normalized spacial score (nSPS) is 10.5. The number of benzene rings is 1. The van der Waals surface area contributed by atoms with E-state index in [-0.39, 0.29) is 0 Å². The van der Waals surface area contributed by atoms with Crippen LogP contribution in [0.2, 0.25) is 0 Å². The molecule has 0 fully saturated rings. The van der Waals surface area contributed by atoms with Gasteiger partial charge in [-0.25, -0.2) is 4.98 Å². The second-order valence-corrected chi connectivity index (χ2v) is 4.68. The largest absolute Gasteiger partial charge is 0.439 e. The number of rotatable bonds is 5. The summed E-state index contributed by atoms with van der Waals surface area (Å²) >= 11 is 0. The van der Waals surface area contributed by atoms with E-state index in [0.717, 1.165) is 29.8 Å². The maximum absolute atomic E-state index is 5.82. The van der Waals surface area contributed by atoms with Gasteiger partial charge in [0.2, 0.25) is 5.88 Å². The van der Waals surface area contributed by atoms with E-state index in [4.69, 9.17) is 10.5 Å². The smallest absolute Gasteiger partial charge is 0.219 e. The molecule has 3 nitrogen and oxygen atoms in total. The highest BCUT2D eigenvalue weighted by Gasteiger charge is 2.04. The van der Waals surface area contributed by atoms with Crippen LogP contribution in [-0.4, -0.2) is 4.98 Å². The number of nitrogens with two attached hydrogens (primary N) is 1. The second kappa shape index (κ2) is 6.34. The Kier molecular flexibility index (Phi) is 4.53. The molecule has 0 aliphatic heterocycles. The predicted octanol–water partition coefficient (Wildman–Crippen LogP) is 3.59. The molecule has 0 aliphatic rings. The Bertz CT molecular complexity index is 552. The summed E-state index contributed by atoms with van der Waals surface area (Å²) in [6.45, 7) is 4.68. The van der Waals surface area contributed by atoms with Gasteiger partial charge in [-0.05, 0) is 42.7 Å². The Hall–Kier alpha value is -1.87. The summed E-state index contributed by atoms with van der Waals surface area (Å²) in [5.74, 6) is 1.43.